The molecule has 0 spiro atoms. The van der Waals surface area contributed by atoms with Gasteiger partial charge < -0.3 is 20.1 Å². The van der Waals surface area contributed by atoms with E-state index in [9.17, 15) is 24.6 Å². The molecule has 0 bridgehead atoms. The Morgan fingerprint density at radius 1 is 1.43 bits per heavy atom. The van der Waals surface area contributed by atoms with Crippen molar-refractivity contribution in [3.8, 4) is 0 Å². The second-order valence-electron chi connectivity index (χ2n) is 6.16. The van der Waals surface area contributed by atoms with Gasteiger partial charge in [-0.1, -0.05) is 13.3 Å². The predicted molar refractivity (Wildman–Crippen MR) is 83.3 cm³/mol. The van der Waals surface area contributed by atoms with E-state index in [0.717, 1.165) is 0 Å². The Hall–Kier alpha value is -2.15. The van der Waals surface area contributed by atoms with Gasteiger partial charge in [0.2, 0.25) is 5.56 Å². The number of hydrogen-bond donors (Lipinski definition) is 3. The number of nitrogens with one attached hydrogen (secondary N) is 1. The Balaban J connectivity index is 2.31. The molecule has 1 amide bonds. The summed E-state index contributed by atoms with van der Waals surface area (Å²) in [5, 5.41) is 19.8. The van der Waals surface area contributed by atoms with Gasteiger partial charge in [0, 0.05) is 30.4 Å². The number of amides is 1. The van der Waals surface area contributed by atoms with E-state index in [1.54, 1.807) is 13.0 Å². The monoisotopic (exact) mass is 322 g/mol. The zero-order valence-corrected chi connectivity index (χ0v) is 13.3. The SMILES string of the molecule is CCC[C@@]1(C(=O)O)CN(C(=O)c2cc(C)[nH]c(=O)c2)CC[C@@H]1O. The molecule has 2 atom stereocenters. The molecule has 2 heterocycles. The lowest BCUT2D eigenvalue weighted by atomic mass is 9.74. The van der Waals surface area contributed by atoms with Crippen LogP contribution in [0.3, 0.4) is 0 Å². The standard InChI is InChI=1S/C16H22N2O5/c1-3-5-16(15(22)23)9-18(6-4-12(16)19)14(21)11-7-10(2)17-13(20)8-11/h7-8,12,19H,3-6,9H2,1-2H3,(H,17,20)(H,22,23)/t12-,16+/m0/s1. The van der Waals surface area contributed by atoms with E-state index in [2.05, 4.69) is 4.98 Å². The van der Waals surface area contributed by atoms with Crippen LogP contribution in [0.2, 0.25) is 0 Å². The van der Waals surface area contributed by atoms with Crippen molar-refractivity contribution in [1.82, 2.24) is 9.88 Å². The van der Waals surface area contributed by atoms with Gasteiger partial charge in [0.1, 0.15) is 5.41 Å². The van der Waals surface area contributed by atoms with Crippen LogP contribution < -0.4 is 5.56 Å². The first-order valence-electron chi connectivity index (χ1n) is 7.72. The lowest BCUT2D eigenvalue weighted by Crippen LogP contribution is -2.57. The minimum absolute atomic E-state index is 0.0536. The Morgan fingerprint density at radius 3 is 2.70 bits per heavy atom. The fourth-order valence-electron chi connectivity index (χ4n) is 3.25. The molecule has 1 saturated heterocycles. The number of carboxylic acid groups (broad SMARTS) is 1. The minimum atomic E-state index is -1.35. The molecular formula is C16H22N2O5. The van der Waals surface area contributed by atoms with Crippen molar-refractivity contribution in [2.75, 3.05) is 13.1 Å². The fourth-order valence-corrected chi connectivity index (χ4v) is 3.25. The maximum absolute atomic E-state index is 12.6. The summed E-state index contributed by atoms with van der Waals surface area (Å²) in [5.74, 6) is -1.47. The van der Waals surface area contributed by atoms with Gasteiger partial charge in [0.15, 0.2) is 0 Å². The Bertz CT molecular complexity index is 669. The van der Waals surface area contributed by atoms with Gasteiger partial charge in [-0.05, 0) is 25.8 Å². The first-order valence-corrected chi connectivity index (χ1v) is 7.72. The number of H-pyrrole nitrogens is 1. The number of carbonyl (C=O) groups excluding carboxylic acids is 1. The van der Waals surface area contributed by atoms with E-state index in [1.807, 2.05) is 6.92 Å². The zero-order chi connectivity index (χ0) is 17.2. The molecule has 126 valence electrons. The topological polar surface area (TPSA) is 111 Å². The van der Waals surface area contributed by atoms with E-state index in [-0.39, 0.29) is 36.5 Å². The molecule has 0 radical (unpaired) electrons. The van der Waals surface area contributed by atoms with E-state index < -0.39 is 17.5 Å². The third kappa shape index (κ3) is 3.29. The molecule has 7 nitrogen and oxygen atoms in total. The number of carboxylic acids is 1. The molecule has 7 heteroatoms. The van der Waals surface area contributed by atoms with Crippen LogP contribution in [0.5, 0.6) is 0 Å². The second-order valence-corrected chi connectivity index (χ2v) is 6.16. The molecule has 0 saturated carbocycles. The number of carbonyl (C=O) groups is 2. The molecule has 23 heavy (non-hydrogen) atoms. The molecule has 1 aliphatic rings. The third-order valence-electron chi connectivity index (χ3n) is 4.42. The number of aryl methyl sites for hydroxylation is 1. The van der Waals surface area contributed by atoms with Gasteiger partial charge in [-0.3, -0.25) is 14.4 Å². The molecule has 0 unspecified atom stereocenters. The van der Waals surface area contributed by atoms with Crippen LogP contribution in [0.25, 0.3) is 0 Å². The maximum atomic E-state index is 12.6. The largest absolute Gasteiger partial charge is 0.481 e. The Labute approximate surface area is 133 Å². The summed E-state index contributed by atoms with van der Waals surface area (Å²) in [6.45, 7) is 3.74. The molecule has 1 aliphatic heterocycles. The van der Waals surface area contributed by atoms with Gasteiger partial charge in [-0.15, -0.1) is 0 Å². The number of aliphatic carboxylic acids is 1. The highest BCUT2D eigenvalue weighted by Crippen LogP contribution is 2.36. The number of nitrogens with zero attached hydrogens (tertiary/aromatic N) is 1. The summed E-state index contributed by atoms with van der Waals surface area (Å²) in [7, 11) is 0. The normalized spacial score (nSPS) is 24.5. The van der Waals surface area contributed by atoms with Gasteiger partial charge in [-0.25, -0.2) is 0 Å². The summed E-state index contributed by atoms with van der Waals surface area (Å²) in [5.41, 5.74) is -0.920. The van der Waals surface area contributed by atoms with Gasteiger partial charge >= 0.3 is 5.97 Å². The Kier molecular flexibility index (Phi) is 4.89. The summed E-state index contributed by atoms with van der Waals surface area (Å²) in [6.07, 6.45) is 0.113. The number of aromatic amines is 1. The van der Waals surface area contributed by atoms with Crippen LogP contribution in [-0.4, -0.2) is 51.2 Å². The molecule has 1 aromatic heterocycles. The molecule has 1 fully saturated rings. The van der Waals surface area contributed by atoms with E-state index in [1.165, 1.54) is 11.0 Å². The summed E-state index contributed by atoms with van der Waals surface area (Å²) < 4.78 is 0. The molecule has 0 aliphatic carbocycles. The number of aliphatic hydroxyl groups is 1. The average molecular weight is 322 g/mol. The number of rotatable bonds is 4. The van der Waals surface area contributed by atoms with Crippen LogP contribution in [0.1, 0.15) is 42.2 Å². The van der Waals surface area contributed by atoms with Crippen molar-refractivity contribution in [1.29, 1.82) is 0 Å². The Morgan fingerprint density at radius 2 is 2.13 bits per heavy atom. The number of likely N-dealkylation sites (tertiary alicyclic amines) is 1. The summed E-state index contributed by atoms with van der Waals surface area (Å²) in [4.78, 5) is 39.9. The lowest BCUT2D eigenvalue weighted by molar-refractivity contribution is -0.162. The van der Waals surface area contributed by atoms with Crippen LogP contribution in [-0.2, 0) is 4.79 Å². The molecule has 3 N–H and O–H groups in total. The number of piperidine rings is 1. The number of aliphatic hydroxyl groups excluding tert-OH is 1. The number of aromatic nitrogens is 1. The zero-order valence-electron chi connectivity index (χ0n) is 13.3. The van der Waals surface area contributed by atoms with Crippen LogP contribution in [0.4, 0.5) is 0 Å². The predicted octanol–water partition coefficient (Wildman–Crippen LogP) is 0.761. The molecule has 2 rings (SSSR count). The average Bonchev–Trinajstić information content (AvgIpc) is 2.47. The van der Waals surface area contributed by atoms with Crippen molar-refractivity contribution in [3.05, 3.63) is 33.7 Å². The minimum Gasteiger partial charge on any atom is -0.481 e. The summed E-state index contributed by atoms with van der Waals surface area (Å²) >= 11 is 0. The van der Waals surface area contributed by atoms with Gasteiger partial charge in [0.25, 0.3) is 5.91 Å². The molecular weight excluding hydrogens is 300 g/mol. The van der Waals surface area contributed by atoms with Crippen molar-refractivity contribution in [3.63, 3.8) is 0 Å². The van der Waals surface area contributed by atoms with Gasteiger partial charge in [0.05, 0.1) is 6.10 Å². The van der Waals surface area contributed by atoms with E-state index in [0.29, 0.717) is 18.5 Å². The molecule has 1 aromatic rings. The van der Waals surface area contributed by atoms with Crippen molar-refractivity contribution in [2.24, 2.45) is 5.41 Å². The second kappa shape index (κ2) is 6.54. The van der Waals surface area contributed by atoms with Crippen molar-refractivity contribution < 1.29 is 19.8 Å². The fraction of sp³-hybridized carbons (Fsp3) is 0.562. The maximum Gasteiger partial charge on any atom is 0.314 e. The third-order valence-corrected chi connectivity index (χ3v) is 4.42. The number of pyridine rings is 1. The first kappa shape index (κ1) is 17.2. The lowest BCUT2D eigenvalue weighted by Gasteiger charge is -2.43. The van der Waals surface area contributed by atoms with Crippen LogP contribution >= 0.6 is 0 Å². The highest BCUT2D eigenvalue weighted by atomic mass is 16.4. The van der Waals surface area contributed by atoms with Gasteiger partial charge in [-0.2, -0.15) is 0 Å². The van der Waals surface area contributed by atoms with E-state index in [4.69, 9.17) is 0 Å². The van der Waals surface area contributed by atoms with E-state index >= 15 is 0 Å². The van der Waals surface area contributed by atoms with Crippen molar-refractivity contribution >= 4 is 11.9 Å². The smallest absolute Gasteiger partial charge is 0.314 e. The highest BCUT2D eigenvalue weighted by molar-refractivity contribution is 5.94. The van der Waals surface area contributed by atoms with Crippen molar-refractivity contribution in [2.45, 2.75) is 39.2 Å². The number of hydrogen-bond acceptors (Lipinski definition) is 4. The molecule has 0 aromatic carbocycles. The van der Waals surface area contributed by atoms with Crippen LogP contribution in [0.15, 0.2) is 16.9 Å². The summed E-state index contributed by atoms with van der Waals surface area (Å²) in [6, 6.07) is 2.78. The first-order chi connectivity index (χ1) is 10.8. The highest BCUT2D eigenvalue weighted by Gasteiger charge is 2.49. The quantitative estimate of drug-likeness (QED) is 0.758. The van der Waals surface area contributed by atoms with Crippen LogP contribution in [0, 0.1) is 12.3 Å².